The fourth-order valence-corrected chi connectivity index (χ4v) is 3.12. The smallest absolute Gasteiger partial charge is 0.392 e. The topological polar surface area (TPSA) is 89.6 Å². The van der Waals surface area contributed by atoms with Gasteiger partial charge in [-0.3, -0.25) is 4.79 Å². The average molecular weight is 425 g/mol. The maximum Gasteiger partial charge on any atom is 0.416 e. The Labute approximate surface area is 169 Å². The lowest BCUT2D eigenvalue weighted by Gasteiger charge is -2.16. The number of ketones is 1. The molecule has 0 aliphatic rings. The van der Waals surface area contributed by atoms with Crippen LogP contribution in [0.5, 0.6) is 0 Å². The fourth-order valence-electron chi connectivity index (χ4n) is 3.12. The molecular formula is C21H19F4NO4. The van der Waals surface area contributed by atoms with Gasteiger partial charge in [0.2, 0.25) is 5.78 Å². The van der Waals surface area contributed by atoms with Gasteiger partial charge in [0.1, 0.15) is 11.4 Å². The summed E-state index contributed by atoms with van der Waals surface area (Å²) in [7, 11) is 0. The molecule has 5 nitrogen and oxygen atoms in total. The second kappa shape index (κ2) is 9.19. The highest BCUT2D eigenvalue weighted by Gasteiger charge is 2.33. The van der Waals surface area contributed by atoms with Gasteiger partial charge in [0.25, 0.3) is 0 Å². The van der Waals surface area contributed by atoms with E-state index < -0.39 is 41.5 Å². The lowest BCUT2D eigenvalue weighted by Crippen LogP contribution is -2.22. The van der Waals surface area contributed by atoms with Crippen LogP contribution in [-0.2, 0) is 22.4 Å². The van der Waals surface area contributed by atoms with E-state index in [1.807, 2.05) is 0 Å². The van der Waals surface area contributed by atoms with Gasteiger partial charge in [-0.2, -0.15) is 19.1 Å². The average Bonchev–Trinajstić information content (AvgIpc) is 2.70. The minimum absolute atomic E-state index is 0.0484. The highest BCUT2D eigenvalue weighted by atomic mass is 19.4. The van der Waals surface area contributed by atoms with Crippen molar-refractivity contribution in [1.29, 1.82) is 0 Å². The first-order chi connectivity index (χ1) is 14.0. The minimum Gasteiger partial charge on any atom is -0.392 e. The molecule has 0 amide bonds. The van der Waals surface area contributed by atoms with Gasteiger partial charge in [0.15, 0.2) is 0 Å². The van der Waals surface area contributed by atoms with Gasteiger partial charge in [-0.25, -0.2) is 9.18 Å². The monoisotopic (exact) mass is 425 g/mol. The van der Waals surface area contributed by atoms with Crippen molar-refractivity contribution in [3.05, 3.63) is 75.6 Å². The zero-order chi connectivity index (χ0) is 22.6. The first kappa shape index (κ1) is 23.2. The van der Waals surface area contributed by atoms with Crippen LogP contribution in [0.1, 0.15) is 46.0 Å². The number of halogens is 4. The number of aliphatic hydroxyl groups is 1. The van der Waals surface area contributed by atoms with E-state index in [0.29, 0.717) is 6.07 Å². The molecule has 0 saturated heterocycles. The molecule has 9 heteroatoms. The van der Waals surface area contributed by atoms with E-state index in [4.69, 9.17) is 5.90 Å². The van der Waals surface area contributed by atoms with E-state index in [9.17, 15) is 32.3 Å². The summed E-state index contributed by atoms with van der Waals surface area (Å²) in [5, 5.41) is 9.54. The Bertz CT molecular complexity index is 1010. The minimum atomic E-state index is -4.70. The molecule has 0 bridgehead atoms. The van der Waals surface area contributed by atoms with Gasteiger partial charge in [-0.15, -0.1) is 0 Å². The molecule has 0 fully saturated rings. The number of aryl methyl sites for hydroxylation is 1. The lowest BCUT2D eigenvalue weighted by molar-refractivity contribution is -0.139. The molecule has 0 aliphatic carbocycles. The Hall–Kier alpha value is -3.04. The maximum atomic E-state index is 13.5. The van der Waals surface area contributed by atoms with Gasteiger partial charge in [-0.05, 0) is 65.9 Å². The SMILES string of the molecule is CCC(=C(C(=O)ON)C(=O)c1cc(C)cc(C(F)(F)F)c1)c1ccc(F)cc1CO. The number of rotatable bonds is 6. The van der Waals surface area contributed by atoms with Crippen molar-refractivity contribution in [1.82, 2.24) is 0 Å². The van der Waals surface area contributed by atoms with Crippen LogP contribution in [0.25, 0.3) is 5.57 Å². The summed E-state index contributed by atoms with van der Waals surface area (Å²) < 4.78 is 53.0. The zero-order valence-electron chi connectivity index (χ0n) is 16.1. The summed E-state index contributed by atoms with van der Waals surface area (Å²) in [6, 6.07) is 6.04. The largest absolute Gasteiger partial charge is 0.416 e. The molecule has 2 rings (SSSR count). The molecule has 0 radical (unpaired) electrons. The summed E-state index contributed by atoms with van der Waals surface area (Å²) in [5.74, 6) is 2.00. The highest BCUT2D eigenvalue weighted by molar-refractivity contribution is 6.28. The van der Waals surface area contributed by atoms with Crippen molar-refractivity contribution in [2.75, 3.05) is 0 Å². The number of hydrogen-bond donors (Lipinski definition) is 2. The molecule has 160 valence electrons. The third-order valence-corrected chi connectivity index (χ3v) is 4.42. The van der Waals surface area contributed by atoms with Gasteiger partial charge >= 0.3 is 12.1 Å². The summed E-state index contributed by atoms with van der Waals surface area (Å²) in [5.41, 5.74) is -1.57. The van der Waals surface area contributed by atoms with Crippen LogP contribution in [0, 0.1) is 12.7 Å². The van der Waals surface area contributed by atoms with Crippen LogP contribution >= 0.6 is 0 Å². The summed E-state index contributed by atoms with van der Waals surface area (Å²) >= 11 is 0. The van der Waals surface area contributed by atoms with Crippen LogP contribution in [0.3, 0.4) is 0 Å². The van der Waals surface area contributed by atoms with Crippen molar-refractivity contribution in [3.63, 3.8) is 0 Å². The van der Waals surface area contributed by atoms with E-state index in [1.165, 1.54) is 19.1 Å². The molecule has 30 heavy (non-hydrogen) atoms. The van der Waals surface area contributed by atoms with E-state index in [1.54, 1.807) is 6.92 Å². The lowest BCUT2D eigenvalue weighted by atomic mass is 9.89. The standard InChI is InChI=1S/C21H19F4NO4/c1-3-16(17-5-4-15(22)9-13(17)10-27)18(20(29)30-26)19(28)12-6-11(2)7-14(8-12)21(23,24)25/h4-9,27H,3,10,26H2,1-2H3. The Kier molecular flexibility index (Phi) is 7.12. The Morgan fingerprint density at radius 3 is 2.33 bits per heavy atom. The van der Waals surface area contributed by atoms with Crippen LogP contribution in [0.4, 0.5) is 17.6 Å². The van der Waals surface area contributed by atoms with Crippen molar-refractivity contribution >= 4 is 17.3 Å². The van der Waals surface area contributed by atoms with Crippen molar-refractivity contribution in [2.45, 2.75) is 33.1 Å². The van der Waals surface area contributed by atoms with Crippen molar-refractivity contribution in [3.8, 4) is 0 Å². The number of alkyl halides is 3. The molecule has 0 aromatic heterocycles. The zero-order valence-corrected chi connectivity index (χ0v) is 16.1. The Morgan fingerprint density at radius 1 is 1.13 bits per heavy atom. The number of allylic oxidation sites excluding steroid dienone is 1. The number of nitrogens with two attached hydrogens (primary N) is 1. The normalized spacial score (nSPS) is 12.4. The molecule has 0 unspecified atom stereocenters. The first-order valence-corrected chi connectivity index (χ1v) is 8.80. The Morgan fingerprint density at radius 2 is 1.80 bits per heavy atom. The molecular weight excluding hydrogens is 406 g/mol. The highest BCUT2D eigenvalue weighted by Crippen LogP contribution is 2.33. The number of hydrogen-bond acceptors (Lipinski definition) is 5. The van der Waals surface area contributed by atoms with Crippen LogP contribution in [-0.4, -0.2) is 16.9 Å². The fraction of sp³-hybridized carbons (Fsp3) is 0.238. The number of aliphatic hydroxyl groups excluding tert-OH is 1. The van der Waals surface area contributed by atoms with Crippen molar-refractivity contribution < 1.29 is 37.1 Å². The molecule has 2 aromatic carbocycles. The number of benzene rings is 2. The molecule has 0 atom stereocenters. The van der Waals surface area contributed by atoms with Gasteiger partial charge in [-0.1, -0.05) is 13.0 Å². The van der Waals surface area contributed by atoms with Crippen LogP contribution in [0.15, 0.2) is 42.0 Å². The molecule has 0 spiro atoms. The number of carbonyl (C=O) groups is 2. The number of Topliss-reactive ketones (excluding diaryl/α,β-unsaturated/α-hetero) is 1. The maximum absolute atomic E-state index is 13.5. The predicted octanol–water partition coefficient (Wildman–Crippen LogP) is 4.11. The van der Waals surface area contributed by atoms with E-state index >= 15 is 0 Å². The van der Waals surface area contributed by atoms with Gasteiger partial charge in [0, 0.05) is 5.56 Å². The first-order valence-electron chi connectivity index (χ1n) is 8.80. The third-order valence-electron chi connectivity index (χ3n) is 4.42. The summed E-state index contributed by atoms with van der Waals surface area (Å²) in [4.78, 5) is 29.7. The molecule has 0 aliphatic heterocycles. The summed E-state index contributed by atoms with van der Waals surface area (Å²) in [6.07, 6.45) is -4.65. The van der Waals surface area contributed by atoms with Gasteiger partial charge < -0.3 is 9.94 Å². The molecule has 2 aromatic rings. The van der Waals surface area contributed by atoms with E-state index in [-0.39, 0.29) is 34.2 Å². The quantitative estimate of drug-likeness (QED) is 0.182. The molecule has 0 heterocycles. The second-order valence-corrected chi connectivity index (χ2v) is 6.49. The molecule has 3 N–H and O–H groups in total. The molecule has 0 saturated carbocycles. The van der Waals surface area contributed by atoms with E-state index in [0.717, 1.165) is 18.2 Å². The van der Waals surface area contributed by atoms with E-state index in [2.05, 4.69) is 4.84 Å². The number of carbonyl (C=O) groups excluding carboxylic acids is 2. The van der Waals surface area contributed by atoms with Crippen LogP contribution in [0.2, 0.25) is 0 Å². The van der Waals surface area contributed by atoms with Gasteiger partial charge in [0.05, 0.1) is 12.2 Å². The Balaban J connectivity index is 2.78. The van der Waals surface area contributed by atoms with Crippen LogP contribution < -0.4 is 5.90 Å². The second-order valence-electron chi connectivity index (χ2n) is 6.49. The van der Waals surface area contributed by atoms with Crippen molar-refractivity contribution in [2.24, 2.45) is 5.90 Å². The third kappa shape index (κ3) is 4.92. The predicted molar refractivity (Wildman–Crippen MR) is 100 cm³/mol. The summed E-state index contributed by atoms with van der Waals surface area (Å²) in [6.45, 7) is 2.36.